The number of benzene rings is 2. The Balaban J connectivity index is 1.62. The van der Waals surface area contributed by atoms with Crippen molar-refractivity contribution < 1.29 is 14.4 Å². The molecule has 3 rings (SSSR count). The van der Waals surface area contributed by atoms with Gasteiger partial charge in [-0.05, 0) is 37.4 Å². The summed E-state index contributed by atoms with van der Waals surface area (Å²) in [4.78, 5) is 43.6. The largest absolute Gasteiger partial charge is 0.324 e. The van der Waals surface area contributed by atoms with Crippen LogP contribution >= 0.6 is 11.8 Å². The zero-order chi connectivity index (χ0) is 25.8. The molecule has 0 spiro atoms. The fourth-order valence-electron chi connectivity index (χ4n) is 4.31. The van der Waals surface area contributed by atoms with E-state index in [1.807, 2.05) is 65.4 Å². The van der Waals surface area contributed by atoms with Gasteiger partial charge in [-0.1, -0.05) is 72.4 Å². The van der Waals surface area contributed by atoms with Gasteiger partial charge in [0.15, 0.2) is 5.12 Å². The average molecular weight is 511 g/mol. The van der Waals surface area contributed by atoms with Crippen LogP contribution in [0.4, 0.5) is 4.79 Å². The van der Waals surface area contributed by atoms with Crippen LogP contribution in [-0.2, 0) is 22.4 Å². The average Bonchev–Trinajstić information content (AvgIpc) is 2.88. The fraction of sp³-hybridized carbons (Fsp3) is 0.464. The minimum Gasteiger partial charge on any atom is -0.324 e. The van der Waals surface area contributed by atoms with Crippen LogP contribution in [0.5, 0.6) is 0 Å². The van der Waals surface area contributed by atoms with Gasteiger partial charge in [0.1, 0.15) is 6.17 Å². The summed E-state index contributed by atoms with van der Waals surface area (Å²) in [5.41, 5.74) is 2.31. The lowest BCUT2D eigenvalue weighted by atomic mass is 10.1. The molecule has 2 aromatic rings. The predicted octanol–water partition coefficient (Wildman–Crippen LogP) is 3.64. The smallest absolute Gasteiger partial charge is 0.319 e. The lowest BCUT2D eigenvalue weighted by molar-refractivity contribution is -0.136. The number of aryl methyl sites for hydroxylation is 1. The van der Waals surface area contributed by atoms with Crippen LogP contribution in [0.2, 0.25) is 0 Å². The van der Waals surface area contributed by atoms with Crippen molar-refractivity contribution in [3.63, 3.8) is 0 Å². The molecule has 1 saturated heterocycles. The lowest BCUT2D eigenvalue weighted by Crippen LogP contribution is -2.62. The van der Waals surface area contributed by atoms with Crippen LogP contribution < -0.4 is 5.32 Å². The highest BCUT2D eigenvalue weighted by molar-refractivity contribution is 8.13. The number of carbonyl (C=O) groups is 3. The van der Waals surface area contributed by atoms with E-state index < -0.39 is 0 Å². The number of thioether (sulfide) groups is 1. The van der Waals surface area contributed by atoms with Crippen molar-refractivity contribution in [2.45, 2.75) is 38.8 Å². The Morgan fingerprint density at radius 1 is 0.944 bits per heavy atom. The van der Waals surface area contributed by atoms with E-state index in [-0.39, 0.29) is 23.2 Å². The molecule has 0 unspecified atom stereocenters. The van der Waals surface area contributed by atoms with Crippen LogP contribution in [0.25, 0.3) is 0 Å². The van der Waals surface area contributed by atoms with E-state index in [0.717, 1.165) is 24.9 Å². The van der Waals surface area contributed by atoms with Gasteiger partial charge in [-0.25, -0.2) is 4.79 Å². The molecule has 0 saturated carbocycles. The van der Waals surface area contributed by atoms with Crippen molar-refractivity contribution in [1.82, 2.24) is 20.0 Å². The molecular weight excluding hydrogens is 472 g/mol. The second-order valence-electron chi connectivity index (χ2n) is 9.22. The molecule has 0 aromatic heterocycles. The van der Waals surface area contributed by atoms with Gasteiger partial charge in [-0.3, -0.25) is 9.59 Å². The molecule has 0 aliphatic carbocycles. The van der Waals surface area contributed by atoms with Crippen molar-refractivity contribution in [2.24, 2.45) is 0 Å². The molecule has 1 aliphatic rings. The zero-order valence-corrected chi connectivity index (χ0v) is 22.2. The summed E-state index contributed by atoms with van der Waals surface area (Å²) in [6.07, 6.45) is 2.21. The summed E-state index contributed by atoms with van der Waals surface area (Å²) in [6.45, 7) is 4.66. The van der Waals surface area contributed by atoms with Gasteiger partial charge in [0.25, 0.3) is 0 Å². The first-order valence-corrected chi connectivity index (χ1v) is 13.7. The quantitative estimate of drug-likeness (QED) is 0.467. The third-order valence-electron chi connectivity index (χ3n) is 6.34. The Morgan fingerprint density at radius 3 is 2.22 bits per heavy atom. The van der Waals surface area contributed by atoms with Crippen LogP contribution in [0.1, 0.15) is 30.9 Å². The third kappa shape index (κ3) is 9.32. The monoisotopic (exact) mass is 510 g/mol. The maximum atomic E-state index is 13.4. The highest BCUT2D eigenvalue weighted by Gasteiger charge is 2.31. The molecule has 1 fully saturated rings. The molecule has 0 bridgehead atoms. The highest BCUT2D eigenvalue weighted by atomic mass is 32.2. The third-order valence-corrected chi connectivity index (χ3v) is 7.24. The number of hydrogen-bond acceptors (Lipinski definition) is 5. The standard InChI is InChI=1S/C28H38N4O3S/c1-23(33)36-21-9-17-31(18-16-25-12-7-4-8-13-25)28(35)29-26-22-30(2)19-20-32(26)27(34)15-14-24-10-5-3-6-11-24/h3-8,10-13,26H,9,14-22H2,1-2H3,(H,29,35)/t26-/m0/s1. The second kappa shape index (κ2) is 14.7. The Labute approximate surface area is 219 Å². The van der Waals surface area contributed by atoms with Crippen molar-refractivity contribution in [2.75, 3.05) is 45.5 Å². The molecule has 1 atom stereocenters. The van der Waals surface area contributed by atoms with Gasteiger partial charge in [-0.2, -0.15) is 0 Å². The molecule has 194 valence electrons. The minimum atomic E-state index is -0.370. The van der Waals surface area contributed by atoms with Crippen LogP contribution in [0.3, 0.4) is 0 Å². The van der Waals surface area contributed by atoms with Crippen molar-refractivity contribution in [3.8, 4) is 0 Å². The number of nitrogens with one attached hydrogen (secondary N) is 1. The van der Waals surface area contributed by atoms with E-state index >= 15 is 0 Å². The molecule has 0 radical (unpaired) electrons. The van der Waals surface area contributed by atoms with Crippen molar-refractivity contribution in [3.05, 3.63) is 71.8 Å². The first-order valence-electron chi connectivity index (χ1n) is 12.7. The predicted molar refractivity (Wildman–Crippen MR) is 146 cm³/mol. The van der Waals surface area contributed by atoms with Gasteiger partial charge in [-0.15, -0.1) is 0 Å². The Kier molecular flexibility index (Phi) is 11.3. The van der Waals surface area contributed by atoms with Gasteiger partial charge >= 0.3 is 6.03 Å². The summed E-state index contributed by atoms with van der Waals surface area (Å²) < 4.78 is 0. The highest BCUT2D eigenvalue weighted by Crippen LogP contribution is 2.13. The van der Waals surface area contributed by atoms with Gasteiger partial charge in [0.2, 0.25) is 5.91 Å². The normalized spacial score (nSPS) is 15.9. The second-order valence-corrected chi connectivity index (χ2v) is 10.5. The van der Waals surface area contributed by atoms with E-state index in [4.69, 9.17) is 0 Å². The van der Waals surface area contributed by atoms with Gasteiger partial charge < -0.3 is 20.0 Å². The molecule has 8 heteroatoms. The first kappa shape index (κ1) is 27.7. The number of amides is 3. The van der Waals surface area contributed by atoms with E-state index in [9.17, 15) is 14.4 Å². The van der Waals surface area contributed by atoms with Crippen LogP contribution in [-0.4, -0.2) is 83.4 Å². The van der Waals surface area contributed by atoms with Gasteiger partial charge in [0.05, 0.1) is 0 Å². The van der Waals surface area contributed by atoms with Crippen LogP contribution in [0.15, 0.2) is 60.7 Å². The number of hydrogen-bond donors (Lipinski definition) is 1. The molecular formula is C28H38N4O3S. The van der Waals surface area contributed by atoms with E-state index in [1.54, 1.807) is 6.92 Å². The molecule has 1 N–H and O–H groups in total. The molecule has 3 amide bonds. The van der Waals surface area contributed by atoms with Crippen LogP contribution in [0, 0.1) is 0 Å². The number of nitrogens with zero attached hydrogens (tertiary/aromatic N) is 3. The summed E-state index contributed by atoms with van der Waals surface area (Å²) in [5.74, 6) is 0.742. The Bertz CT molecular complexity index is 973. The zero-order valence-electron chi connectivity index (χ0n) is 21.4. The van der Waals surface area contributed by atoms with E-state index in [1.165, 1.54) is 17.3 Å². The number of carbonyl (C=O) groups excluding carboxylic acids is 3. The molecule has 7 nitrogen and oxygen atoms in total. The number of rotatable bonds is 11. The van der Waals surface area contributed by atoms with Crippen molar-refractivity contribution >= 4 is 28.8 Å². The maximum absolute atomic E-state index is 13.4. The summed E-state index contributed by atoms with van der Waals surface area (Å²) in [5, 5.41) is 3.23. The topological polar surface area (TPSA) is 73.0 Å². The summed E-state index contributed by atoms with van der Waals surface area (Å²) in [7, 11) is 2.01. The molecule has 2 aromatic carbocycles. The summed E-state index contributed by atoms with van der Waals surface area (Å²) in [6, 6.07) is 19.9. The molecule has 36 heavy (non-hydrogen) atoms. The number of urea groups is 1. The Morgan fingerprint density at radius 2 is 1.58 bits per heavy atom. The maximum Gasteiger partial charge on any atom is 0.319 e. The van der Waals surface area contributed by atoms with Crippen molar-refractivity contribution in [1.29, 1.82) is 0 Å². The van der Waals surface area contributed by atoms with E-state index in [0.29, 0.717) is 44.8 Å². The Hall–Kier alpha value is -2.84. The minimum absolute atomic E-state index is 0.0611. The summed E-state index contributed by atoms with van der Waals surface area (Å²) >= 11 is 1.29. The fourth-order valence-corrected chi connectivity index (χ4v) is 4.87. The molecule has 1 heterocycles. The van der Waals surface area contributed by atoms with Gasteiger partial charge in [0, 0.05) is 51.8 Å². The lowest BCUT2D eigenvalue weighted by Gasteiger charge is -2.41. The number of piperazine rings is 1. The number of likely N-dealkylation sites (N-methyl/N-ethyl adjacent to an activating group) is 1. The van der Waals surface area contributed by atoms with E-state index in [2.05, 4.69) is 22.3 Å². The first-order chi connectivity index (χ1) is 17.4. The SMILES string of the molecule is CC(=O)SCCCN(CCc1ccccc1)C(=O)N[C@@H]1CN(C)CCN1C(=O)CCc1ccccc1. The molecule has 1 aliphatic heterocycles.